The van der Waals surface area contributed by atoms with Gasteiger partial charge in [-0.2, -0.15) is 0 Å². The van der Waals surface area contributed by atoms with E-state index in [0.717, 1.165) is 5.56 Å². The zero-order chi connectivity index (χ0) is 10.1. The molecule has 0 bridgehead atoms. The van der Waals surface area contributed by atoms with E-state index in [9.17, 15) is 4.79 Å². The molecule has 0 saturated carbocycles. The molecule has 1 aliphatic rings. The maximum absolute atomic E-state index is 10.9. The van der Waals surface area contributed by atoms with Crippen molar-refractivity contribution in [2.24, 2.45) is 0 Å². The Morgan fingerprint density at radius 2 is 2.21 bits per heavy atom. The van der Waals surface area contributed by atoms with Crippen LogP contribution in [-0.4, -0.2) is 29.0 Å². The highest BCUT2D eigenvalue weighted by Crippen LogP contribution is 2.31. The Balaban J connectivity index is 2.42. The molecule has 4 heteroatoms. The van der Waals surface area contributed by atoms with Crippen molar-refractivity contribution in [1.82, 2.24) is 0 Å². The van der Waals surface area contributed by atoms with Gasteiger partial charge in [-0.15, -0.1) is 0 Å². The molecule has 74 valence electrons. The van der Waals surface area contributed by atoms with Gasteiger partial charge in [0.05, 0.1) is 18.3 Å². The molecule has 1 aromatic carbocycles. The predicted octanol–water partition coefficient (Wildman–Crippen LogP) is 1.09. The average Bonchev–Trinajstić information content (AvgIpc) is 2.55. The van der Waals surface area contributed by atoms with Crippen molar-refractivity contribution in [2.45, 2.75) is 12.5 Å². The van der Waals surface area contributed by atoms with E-state index >= 15 is 0 Å². The van der Waals surface area contributed by atoms with E-state index in [1.54, 1.807) is 12.1 Å². The minimum Gasteiger partial charge on any atom is -0.465 e. The number of nitrogens with zero attached hydrogens (tertiary/aromatic N) is 1. The predicted molar refractivity (Wildman–Crippen MR) is 51.5 cm³/mol. The third-order valence-corrected chi connectivity index (χ3v) is 2.49. The summed E-state index contributed by atoms with van der Waals surface area (Å²) in [4.78, 5) is 12.2. The number of anilines is 1. The van der Waals surface area contributed by atoms with Crippen LogP contribution in [0.5, 0.6) is 0 Å². The van der Waals surface area contributed by atoms with Gasteiger partial charge in [-0.1, -0.05) is 18.2 Å². The largest absolute Gasteiger partial charge is 0.465 e. The van der Waals surface area contributed by atoms with Crippen molar-refractivity contribution in [3.05, 3.63) is 29.8 Å². The summed E-state index contributed by atoms with van der Waals surface area (Å²) in [5.74, 6) is 0. The van der Waals surface area contributed by atoms with Crippen LogP contribution in [0.4, 0.5) is 10.5 Å². The van der Waals surface area contributed by atoms with Crippen LogP contribution in [0.2, 0.25) is 0 Å². The zero-order valence-corrected chi connectivity index (χ0v) is 7.55. The summed E-state index contributed by atoms with van der Waals surface area (Å²) in [6, 6.07) is 7.00. The average molecular weight is 193 g/mol. The molecular weight excluding hydrogens is 182 g/mol. The van der Waals surface area contributed by atoms with Crippen LogP contribution in [0.3, 0.4) is 0 Å². The van der Waals surface area contributed by atoms with E-state index in [0.29, 0.717) is 12.1 Å². The summed E-state index contributed by atoms with van der Waals surface area (Å²) < 4.78 is 0. The fraction of sp³-hybridized carbons (Fsp3) is 0.300. The van der Waals surface area contributed by atoms with E-state index in [4.69, 9.17) is 10.2 Å². The molecule has 1 aromatic rings. The Kier molecular flexibility index (Phi) is 2.13. The first kappa shape index (κ1) is 9.02. The van der Waals surface area contributed by atoms with E-state index in [1.165, 1.54) is 4.90 Å². The van der Waals surface area contributed by atoms with Gasteiger partial charge in [0.25, 0.3) is 0 Å². The number of benzene rings is 1. The van der Waals surface area contributed by atoms with Crippen molar-refractivity contribution in [3.63, 3.8) is 0 Å². The Labute approximate surface area is 81.4 Å². The number of carbonyl (C=O) groups is 1. The number of fused-ring (bicyclic) bond motifs is 1. The molecule has 0 spiro atoms. The highest BCUT2D eigenvalue weighted by atomic mass is 16.4. The first-order valence-electron chi connectivity index (χ1n) is 4.45. The standard InChI is InChI=1S/C10H11NO3/c12-6-8-5-7-3-1-2-4-9(7)11(8)10(13)14/h1-4,8,12H,5-6H2,(H,13,14)/t8-/m0/s1. The van der Waals surface area contributed by atoms with Crippen molar-refractivity contribution < 1.29 is 15.0 Å². The van der Waals surface area contributed by atoms with Crippen LogP contribution in [0.1, 0.15) is 5.56 Å². The van der Waals surface area contributed by atoms with Gasteiger partial charge in [-0.3, -0.25) is 4.90 Å². The van der Waals surface area contributed by atoms with E-state index in [1.807, 2.05) is 12.1 Å². The normalized spacial score (nSPS) is 19.5. The van der Waals surface area contributed by atoms with Crippen molar-refractivity contribution in [1.29, 1.82) is 0 Å². The topological polar surface area (TPSA) is 60.8 Å². The molecule has 14 heavy (non-hydrogen) atoms. The molecule has 1 atom stereocenters. The van der Waals surface area contributed by atoms with Crippen LogP contribution in [-0.2, 0) is 6.42 Å². The molecule has 0 saturated heterocycles. The summed E-state index contributed by atoms with van der Waals surface area (Å²) in [5.41, 5.74) is 1.67. The van der Waals surface area contributed by atoms with Gasteiger partial charge in [-0.25, -0.2) is 4.79 Å². The lowest BCUT2D eigenvalue weighted by Gasteiger charge is -2.19. The van der Waals surface area contributed by atoms with E-state index in [2.05, 4.69) is 0 Å². The lowest BCUT2D eigenvalue weighted by atomic mass is 10.1. The van der Waals surface area contributed by atoms with Crippen LogP contribution in [0.15, 0.2) is 24.3 Å². The Morgan fingerprint density at radius 3 is 2.86 bits per heavy atom. The molecule has 1 amide bonds. The first-order chi connectivity index (χ1) is 6.74. The molecule has 0 aliphatic carbocycles. The SMILES string of the molecule is O=C(O)N1c2ccccc2C[C@H]1CO. The molecule has 2 rings (SSSR count). The maximum atomic E-state index is 10.9. The number of para-hydroxylation sites is 1. The van der Waals surface area contributed by atoms with Gasteiger partial charge in [0, 0.05) is 0 Å². The van der Waals surface area contributed by atoms with Gasteiger partial charge in [0.15, 0.2) is 0 Å². The Morgan fingerprint density at radius 1 is 1.50 bits per heavy atom. The summed E-state index contributed by atoms with van der Waals surface area (Å²) >= 11 is 0. The summed E-state index contributed by atoms with van der Waals surface area (Å²) in [6.45, 7) is -0.138. The number of carboxylic acid groups (broad SMARTS) is 1. The van der Waals surface area contributed by atoms with Gasteiger partial charge < -0.3 is 10.2 Å². The number of hydrogen-bond donors (Lipinski definition) is 2. The quantitative estimate of drug-likeness (QED) is 0.701. The Hall–Kier alpha value is -1.55. The number of rotatable bonds is 1. The molecule has 2 N–H and O–H groups in total. The zero-order valence-electron chi connectivity index (χ0n) is 7.55. The van der Waals surface area contributed by atoms with Gasteiger partial charge >= 0.3 is 6.09 Å². The fourth-order valence-electron chi connectivity index (χ4n) is 1.87. The highest BCUT2D eigenvalue weighted by molar-refractivity contribution is 5.89. The van der Waals surface area contributed by atoms with Crippen molar-refractivity contribution >= 4 is 11.8 Å². The molecular formula is C10H11NO3. The summed E-state index contributed by atoms with van der Waals surface area (Å²) in [7, 11) is 0. The third kappa shape index (κ3) is 1.24. The fourth-order valence-corrected chi connectivity index (χ4v) is 1.87. The first-order valence-corrected chi connectivity index (χ1v) is 4.45. The smallest absolute Gasteiger partial charge is 0.412 e. The monoisotopic (exact) mass is 193 g/mol. The molecule has 0 radical (unpaired) electrons. The maximum Gasteiger partial charge on any atom is 0.412 e. The van der Waals surface area contributed by atoms with Gasteiger partial charge in [0.1, 0.15) is 0 Å². The number of aliphatic hydroxyl groups is 1. The van der Waals surface area contributed by atoms with Gasteiger partial charge in [0.2, 0.25) is 0 Å². The minimum absolute atomic E-state index is 0.138. The summed E-state index contributed by atoms with van der Waals surface area (Å²) in [5, 5.41) is 18.0. The minimum atomic E-state index is -1.01. The third-order valence-electron chi connectivity index (χ3n) is 2.49. The van der Waals surface area contributed by atoms with Crippen LogP contribution >= 0.6 is 0 Å². The second kappa shape index (κ2) is 3.31. The van der Waals surface area contributed by atoms with Crippen molar-refractivity contribution in [2.75, 3.05) is 11.5 Å². The number of hydrogen-bond acceptors (Lipinski definition) is 2. The molecule has 1 aliphatic heterocycles. The second-order valence-corrected chi connectivity index (χ2v) is 3.32. The lowest BCUT2D eigenvalue weighted by molar-refractivity contribution is 0.192. The summed E-state index contributed by atoms with van der Waals surface area (Å²) in [6.07, 6.45) is -0.409. The van der Waals surface area contributed by atoms with Gasteiger partial charge in [-0.05, 0) is 18.1 Å². The molecule has 0 unspecified atom stereocenters. The number of aliphatic hydroxyl groups excluding tert-OH is 1. The van der Waals surface area contributed by atoms with Crippen LogP contribution in [0.25, 0.3) is 0 Å². The van der Waals surface area contributed by atoms with E-state index < -0.39 is 6.09 Å². The van der Waals surface area contributed by atoms with Crippen LogP contribution in [0, 0.1) is 0 Å². The lowest BCUT2D eigenvalue weighted by Crippen LogP contribution is -2.38. The van der Waals surface area contributed by atoms with Crippen LogP contribution < -0.4 is 4.90 Å². The molecule has 1 heterocycles. The highest BCUT2D eigenvalue weighted by Gasteiger charge is 2.32. The second-order valence-electron chi connectivity index (χ2n) is 3.32. The molecule has 0 fully saturated rings. The Bertz CT molecular complexity index is 364. The number of amides is 1. The molecule has 0 aromatic heterocycles. The molecule has 4 nitrogen and oxygen atoms in total. The van der Waals surface area contributed by atoms with Crippen molar-refractivity contribution in [3.8, 4) is 0 Å². The van der Waals surface area contributed by atoms with E-state index in [-0.39, 0.29) is 12.6 Å².